The quantitative estimate of drug-likeness (QED) is 0.790. The van der Waals surface area contributed by atoms with Gasteiger partial charge in [0.1, 0.15) is 11.4 Å². The van der Waals surface area contributed by atoms with Crippen molar-refractivity contribution >= 4 is 12.4 Å². The van der Waals surface area contributed by atoms with Crippen molar-refractivity contribution in [3.63, 3.8) is 0 Å². The van der Waals surface area contributed by atoms with Gasteiger partial charge in [0, 0.05) is 12.1 Å². The Balaban J connectivity index is 0.00000220. The van der Waals surface area contributed by atoms with Crippen molar-refractivity contribution in [2.24, 2.45) is 0 Å². The van der Waals surface area contributed by atoms with Gasteiger partial charge in [0.2, 0.25) is 0 Å². The van der Waals surface area contributed by atoms with Crippen molar-refractivity contribution in [1.82, 2.24) is 20.3 Å². The molecule has 0 spiro atoms. The highest BCUT2D eigenvalue weighted by atomic mass is 35.5. The van der Waals surface area contributed by atoms with E-state index < -0.39 is 0 Å². The molecule has 5 heteroatoms. The molecule has 21 heavy (non-hydrogen) atoms. The molecule has 1 aromatic heterocycles. The Morgan fingerprint density at radius 1 is 1.14 bits per heavy atom. The maximum Gasteiger partial charge on any atom is 0.117 e. The summed E-state index contributed by atoms with van der Waals surface area (Å²) in [5, 5.41) is 12.7. The van der Waals surface area contributed by atoms with Gasteiger partial charge < -0.3 is 5.32 Å². The van der Waals surface area contributed by atoms with E-state index in [4.69, 9.17) is 0 Å². The van der Waals surface area contributed by atoms with E-state index in [9.17, 15) is 0 Å². The van der Waals surface area contributed by atoms with Crippen LogP contribution < -0.4 is 5.32 Å². The smallest absolute Gasteiger partial charge is 0.117 e. The summed E-state index contributed by atoms with van der Waals surface area (Å²) in [6.45, 7) is 8.20. The molecule has 0 bridgehead atoms. The van der Waals surface area contributed by atoms with Gasteiger partial charge >= 0.3 is 0 Å². The molecule has 0 saturated carbocycles. The predicted molar refractivity (Wildman–Crippen MR) is 89.7 cm³/mol. The third kappa shape index (κ3) is 4.83. The molecule has 0 radical (unpaired) electrons. The molecule has 116 valence electrons. The number of rotatable bonds is 7. The first-order valence-electron chi connectivity index (χ1n) is 7.44. The zero-order valence-corrected chi connectivity index (χ0v) is 13.9. The molecule has 0 atom stereocenters. The minimum atomic E-state index is 0. The molecular formula is C16H25ClN4. The van der Waals surface area contributed by atoms with E-state index in [0.29, 0.717) is 0 Å². The van der Waals surface area contributed by atoms with Crippen molar-refractivity contribution in [3.05, 3.63) is 36.0 Å². The van der Waals surface area contributed by atoms with Crippen LogP contribution in [-0.2, 0) is 6.54 Å². The normalized spacial score (nSPS) is 10.7. The van der Waals surface area contributed by atoms with E-state index in [1.54, 1.807) is 4.80 Å². The van der Waals surface area contributed by atoms with E-state index in [2.05, 4.69) is 48.4 Å². The van der Waals surface area contributed by atoms with Crippen molar-refractivity contribution < 1.29 is 0 Å². The number of hydrogen-bond donors (Lipinski definition) is 1. The molecule has 2 aromatic rings. The Labute approximate surface area is 133 Å². The summed E-state index contributed by atoms with van der Waals surface area (Å²) in [5.74, 6) is 0. The second-order valence-electron chi connectivity index (χ2n) is 5.31. The Bertz CT molecular complexity index is 522. The standard InChI is InChI=1S/C16H24N4.ClH/c1-4-5-11-17-12-15-16(14-9-7-6-8-10-14)19-20(18-15)13(2)3;/h6-10,13,17H,4-5,11-12H2,1-3H3;1H. The second kappa shape index (κ2) is 8.80. The molecule has 2 rings (SSSR count). The van der Waals surface area contributed by atoms with Crippen molar-refractivity contribution in [2.45, 2.75) is 46.2 Å². The number of unbranched alkanes of at least 4 members (excludes halogenated alkanes) is 1. The fourth-order valence-corrected chi connectivity index (χ4v) is 2.03. The SMILES string of the molecule is CCCCNCc1nn(C(C)C)nc1-c1ccccc1.Cl. The summed E-state index contributed by atoms with van der Waals surface area (Å²) in [5.41, 5.74) is 3.15. The summed E-state index contributed by atoms with van der Waals surface area (Å²) in [7, 11) is 0. The van der Waals surface area contributed by atoms with Gasteiger partial charge in [-0.1, -0.05) is 43.7 Å². The highest BCUT2D eigenvalue weighted by molar-refractivity contribution is 5.85. The molecule has 0 aliphatic carbocycles. The van der Waals surface area contributed by atoms with E-state index in [1.165, 1.54) is 12.8 Å². The zero-order valence-electron chi connectivity index (χ0n) is 13.0. The Morgan fingerprint density at radius 3 is 2.48 bits per heavy atom. The molecule has 0 fully saturated rings. The van der Waals surface area contributed by atoms with Crippen LogP contribution in [0.1, 0.15) is 45.3 Å². The van der Waals surface area contributed by atoms with Crippen LogP contribution >= 0.6 is 12.4 Å². The molecule has 1 aromatic carbocycles. The summed E-state index contributed by atoms with van der Waals surface area (Å²) in [6.07, 6.45) is 2.40. The summed E-state index contributed by atoms with van der Waals surface area (Å²) in [4.78, 5) is 1.80. The third-order valence-electron chi connectivity index (χ3n) is 3.21. The zero-order chi connectivity index (χ0) is 14.4. The lowest BCUT2D eigenvalue weighted by molar-refractivity contribution is 0.461. The van der Waals surface area contributed by atoms with E-state index >= 15 is 0 Å². The first-order chi connectivity index (χ1) is 9.72. The summed E-state index contributed by atoms with van der Waals surface area (Å²) >= 11 is 0. The highest BCUT2D eigenvalue weighted by Crippen LogP contribution is 2.21. The van der Waals surface area contributed by atoms with Crippen LogP contribution in [0.15, 0.2) is 30.3 Å². The lowest BCUT2D eigenvalue weighted by Gasteiger charge is -2.03. The minimum Gasteiger partial charge on any atom is -0.311 e. The first-order valence-corrected chi connectivity index (χ1v) is 7.44. The van der Waals surface area contributed by atoms with Crippen LogP contribution in [0.2, 0.25) is 0 Å². The maximum absolute atomic E-state index is 4.64. The maximum atomic E-state index is 4.64. The minimum absolute atomic E-state index is 0. The second-order valence-corrected chi connectivity index (χ2v) is 5.31. The van der Waals surface area contributed by atoms with Gasteiger partial charge in [-0.2, -0.15) is 15.0 Å². The average Bonchev–Trinajstić information content (AvgIpc) is 2.89. The lowest BCUT2D eigenvalue weighted by atomic mass is 10.1. The largest absolute Gasteiger partial charge is 0.311 e. The molecular weight excluding hydrogens is 284 g/mol. The number of nitrogens with zero attached hydrogens (tertiary/aromatic N) is 3. The monoisotopic (exact) mass is 308 g/mol. The van der Waals surface area contributed by atoms with Gasteiger partial charge in [0.05, 0.1) is 6.04 Å². The van der Waals surface area contributed by atoms with Gasteiger partial charge in [0.25, 0.3) is 0 Å². The number of aromatic nitrogens is 3. The Hall–Kier alpha value is -1.39. The third-order valence-corrected chi connectivity index (χ3v) is 3.21. The lowest BCUT2D eigenvalue weighted by Crippen LogP contribution is -2.15. The molecule has 0 aliphatic heterocycles. The molecule has 0 saturated heterocycles. The van der Waals surface area contributed by atoms with Gasteiger partial charge in [0.15, 0.2) is 0 Å². The fraction of sp³-hybridized carbons (Fsp3) is 0.500. The number of nitrogens with one attached hydrogen (secondary N) is 1. The molecule has 4 nitrogen and oxygen atoms in total. The van der Waals surface area contributed by atoms with Crippen LogP contribution in [0.3, 0.4) is 0 Å². The first kappa shape index (κ1) is 17.7. The van der Waals surface area contributed by atoms with Crippen LogP contribution in [-0.4, -0.2) is 21.5 Å². The van der Waals surface area contributed by atoms with Crippen LogP contribution in [0.25, 0.3) is 11.3 Å². The fourth-order valence-electron chi connectivity index (χ4n) is 2.03. The van der Waals surface area contributed by atoms with Crippen molar-refractivity contribution in [2.75, 3.05) is 6.54 Å². The van der Waals surface area contributed by atoms with Crippen LogP contribution in [0, 0.1) is 0 Å². The molecule has 0 amide bonds. The highest BCUT2D eigenvalue weighted by Gasteiger charge is 2.13. The summed E-state index contributed by atoms with van der Waals surface area (Å²) in [6, 6.07) is 10.6. The van der Waals surface area contributed by atoms with Crippen LogP contribution in [0.4, 0.5) is 0 Å². The topological polar surface area (TPSA) is 42.7 Å². The Kier molecular flexibility index (Phi) is 7.40. The van der Waals surface area contributed by atoms with Crippen LogP contribution in [0.5, 0.6) is 0 Å². The summed E-state index contributed by atoms with van der Waals surface area (Å²) < 4.78 is 0. The van der Waals surface area contributed by atoms with Gasteiger partial charge in [-0.25, -0.2) is 0 Å². The van der Waals surface area contributed by atoms with E-state index in [0.717, 1.165) is 30.0 Å². The molecule has 1 heterocycles. The van der Waals surface area contributed by atoms with E-state index in [-0.39, 0.29) is 18.4 Å². The van der Waals surface area contributed by atoms with Crippen molar-refractivity contribution in [1.29, 1.82) is 0 Å². The molecule has 1 N–H and O–H groups in total. The molecule has 0 unspecified atom stereocenters. The van der Waals surface area contributed by atoms with Gasteiger partial charge in [-0.05, 0) is 26.8 Å². The van der Waals surface area contributed by atoms with Gasteiger partial charge in [-0.15, -0.1) is 12.4 Å². The van der Waals surface area contributed by atoms with Gasteiger partial charge in [-0.3, -0.25) is 0 Å². The number of halogens is 1. The number of hydrogen-bond acceptors (Lipinski definition) is 3. The average molecular weight is 309 g/mol. The van der Waals surface area contributed by atoms with E-state index in [1.807, 2.05) is 18.2 Å². The predicted octanol–water partition coefficient (Wildman–Crippen LogP) is 3.84. The molecule has 0 aliphatic rings. The number of benzene rings is 1. The van der Waals surface area contributed by atoms with Crippen molar-refractivity contribution in [3.8, 4) is 11.3 Å². The Morgan fingerprint density at radius 2 is 1.86 bits per heavy atom.